The van der Waals surface area contributed by atoms with Crippen molar-refractivity contribution in [1.29, 1.82) is 0 Å². The molecule has 0 aliphatic carbocycles. The SMILES string of the molecule is COc1ncc(N(N)C(=O)OC(C)(C)C)cc1F. The number of ether oxygens (including phenoxy) is 2. The number of halogens is 1. The van der Waals surface area contributed by atoms with Crippen molar-refractivity contribution >= 4 is 11.8 Å². The van der Waals surface area contributed by atoms with Gasteiger partial charge < -0.3 is 9.47 Å². The second kappa shape index (κ2) is 5.18. The zero-order valence-corrected chi connectivity index (χ0v) is 10.7. The predicted octanol–water partition coefficient (Wildman–Crippen LogP) is 1.84. The molecule has 0 unspecified atom stereocenters. The fourth-order valence-corrected chi connectivity index (χ4v) is 1.11. The Labute approximate surface area is 104 Å². The first-order chi connectivity index (χ1) is 8.24. The van der Waals surface area contributed by atoms with Gasteiger partial charge in [0.25, 0.3) is 0 Å². The van der Waals surface area contributed by atoms with Crippen LogP contribution in [0.1, 0.15) is 20.8 Å². The Hall–Kier alpha value is -1.89. The van der Waals surface area contributed by atoms with Crippen LogP contribution in [-0.4, -0.2) is 23.8 Å². The first-order valence-electron chi connectivity index (χ1n) is 5.22. The van der Waals surface area contributed by atoms with Crippen LogP contribution in [0.5, 0.6) is 5.88 Å². The van der Waals surface area contributed by atoms with Gasteiger partial charge in [0.05, 0.1) is 19.0 Å². The number of aromatic nitrogens is 1. The number of nitrogens with two attached hydrogens (primary N) is 1. The Morgan fingerprint density at radius 2 is 2.11 bits per heavy atom. The van der Waals surface area contributed by atoms with Crippen LogP contribution in [0, 0.1) is 5.82 Å². The van der Waals surface area contributed by atoms with Crippen molar-refractivity contribution in [2.24, 2.45) is 5.84 Å². The zero-order chi connectivity index (χ0) is 13.9. The molecule has 0 spiro atoms. The van der Waals surface area contributed by atoms with Gasteiger partial charge in [0.1, 0.15) is 5.60 Å². The molecule has 1 aromatic rings. The van der Waals surface area contributed by atoms with E-state index in [1.54, 1.807) is 20.8 Å². The van der Waals surface area contributed by atoms with E-state index in [-0.39, 0.29) is 11.6 Å². The standard InChI is InChI=1S/C11H16FN3O3/c1-11(2,3)18-10(16)15(13)7-5-8(12)9(17-4)14-6-7/h5-6H,13H2,1-4H3. The molecular formula is C11H16FN3O3. The molecule has 0 aliphatic heterocycles. The fourth-order valence-electron chi connectivity index (χ4n) is 1.11. The molecule has 0 fully saturated rings. The highest BCUT2D eigenvalue weighted by Gasteiger charge is 2.22. The molecule has 1 rings (SSSR count). The van der Waals surface area contributed by atoms with Gasteiger partial charge in [-0.05, 0) is 20.8 Å². The maximum Gasteiger partial charge on any atom is 0.429 e. The predicted molar refractivity (Wildman–Crippen MR) is 63.6 cm³/mol. The first kappa shape index (κ1) is 14.2. The topological polar surface area (TPSA) is 77.7 Å². The van der Waals surface area contributed by atoms with Crippen LogP contribution < -0.4 is 15.6 Å². The van der Waals surface area contributed by atoms with E-state index in [4.69, 9.17) is 10.6 Å². The molecule has 0 saturated carbocycles. The lowest BCUT2D eigenvalue weighted by molar-refractivity contribution is 0.0580. The lowest BCUT2D eigenvalue weighted by Gasteiger charge is -2.24. The largest absolute Gasteiger partial charge is 0.479 e. The van der Waals surface area contributed by atoms with E-state index in [1.807, 2.05) is 0 Å². The van der Waals surface area contributed by atoms with Crippen molar-refractivity contribution in [1.82, 2.24) is 4.98 Å². The lowest BCUT2D eigenvalue weighted by Crippen LogP contribution is -2.41. The van der Waals surface area contributed by atoms with Crippen molar-refractivity contribution in [3.8, 4) is 5.88 Å². The van der Waals surface area contributed by atoms with Gasteiger partial charge >= 0.3 is 6.09 Å². The van der Waals surface area contributed by atoms with Gasteiger partial charge in [-0.3, -0.25) is 0 Å². The molecule has 18 heavy (non-hydrogen) atoms. The zero-order valence-electron chi connectivity index (χ0n) is 10.7. The van der Waals surface area contributed by atoms with Crippen molar-refractivity contribution in [2.75, 3.05) is 12.1 Å². The van der Waals surface area contributed by atoms with Crippen molar-refractivity contribution in [3.63, 3.8) is 0 Å². The monoisotopic (exact) mass is 257 g/mol. The Morgan fingerprint density at radius 3 is 2.56 bits per heavy atom. The van der Waals surface area contributed by atoms with E-state index in [2.05, 4.69) is 9.72 Å². The Kier molecular flexibility index (Phi) is 4.07. The number of anilines is 1. The normalized spacial score (nSPS) is 11.0. The van der Waals surface area contributed by atoms with Crippen LogP contribution in [0.2, 0.25) is 0 Å². The number of hydrogen-bond donors (Lipinski definition) is 1. The molecule has 1 aromatic heterocycles. The summed E-state index contributed by atoms with van der Waals surface area (Å²) in [6.07, 6.45) is 0.417. The lowest BCUT2D eigenvalue weighted by atomic mass is 10.2. The summed E-state index contributed by atoms with van der Waals surface area (Å²) in [5, 5.41) is 0.681. The summed E-state index contributed by atoms with van der Waals surface area (Å²) in [6, 6.07) is 1.04. The third-order valence-corrected chi connectivity index (χ3v) is 1.85. The van der Waals surface area contributed by atoms with E-state index in [1.165, 1.54) is 13.3 Å². The molecule has 100 valence electrons. The average molecular weight is 257 g/mol. The first-order valence-corrected chi connectivity index (χ1v) is 5.22. The minimum atomic E-state index is -0.797. The maximum absolute atomic E-state index is 13.4. The Morgan fingerprint density at radius 1 is 1.50 bits per heavy atom. The van der Waals surface area contributed by atoms with E-state index >= 15 is 0 Å². The number of hydrazine groups is 1. The van der Waals surface area contributed by atoms with Crippen LogP contribution in [0.4, 0.5) is 14.9 Å². The summed E-state index contributed by atoms with van der Waals surface area (Å²) < 4.78 is 23.1. The molecule has 0 atom stereocenters. The summed E-state index contributed by atoms with van der Waals surface area (Å²) in [5.74, 6) is 4.63. The van der Waals surface area contributed by atoms with Gasteiger partial charge in [0.2, 0.25) is 5.88 Å². The molecule has 2 N–H and O–H groups in total. The van der Waals surface area contributed by atoms with Crippen molar-refractivity contribution < 1.29 is 18.7 Å². The molecule has 0 aliphatic rings. The Bertz CT molecular complexity index is 446. The van der Waals surface area contributed by atoms with Crippen LogP contribution in [0.3, 0.4) is 0 Å². The number of carbonyl (C=O) groups excluding carboxylic acids is 1. The summed E-state index contributed by atoms with van der Waals surface area (Å²) in [5.41, 5.74) is -0.616. The van der Waals surface area contributed by atoms with Crippen LogP contribution in [0.15, 0.2) is 12.3 Å². The third-order valence-electron chi connectivity index (χ3n) is 1.85. The number of rotatable bonds is 2. The van der Waals surface area contributed by atoms with Gasteiger partial charge in [0, 0.05) is 6.07 Å². The van der Waals surface area contributed by atoms with Crippen LogP contribution in [-0.2, 0) is 4.74 Å². The number of methoxy groups -OCH3 is 1. The van der Waals surface area contributed by atoms with Gasteiger partial charge in [-0.1, -0.05) is 0 Å². The summed E-state index contributed by atoms with van der Waals surface area (Å²) >= 11 is 0. The van der Waals surface area contributed by atoms with Crippen LogP contribution >= 0.6 is 0 Å². The quantitative estimate of drug-likeness (QED) is 0.497. The highest BCUT2D eigenvalue weighted by molar-refractivity contribution is 5.86. The fraction of sp³-hybridized carbons (Fsp3) is 0.455. The average Bonchev–Trinajstić information content (AvgIpc) is 2.25. The molecule has 6 nitrogen and oxygen atoms in total. The van der Waals surface area contributed by atoms with Crippen LogP contribution in [0.25, 0.3) is 0 Å². The number of hydrogen-bond acceptors (Lipinski definition) is 5. The number of pyridine rings is 1. The smallest absolute Gasteiger partial charge is 0.429 e. The molecule has 0 radical (unpaired) electrons. The molecule has 0 aromatic carbocycles. The van der Waals surface area contributed by atoms with Gasteiger partial charge in [0.15, 0.2) is 5.82 Å². The minimum absolute atomic E-state index is 0.0718. The minimum Gasteiger partial charge on any atom is -0.479 e. The van der Waals surface area contributed by atoms with E-state index in [9.17, 15) is 9.18 Å². The molecule has 7 heteroatoms. The van der Waals surface area contributed by atoms with Crippen molar-refractivity contribution in [3.05, 3.63) is 18.1 Å². The summed E-state index contributed by atoms with van der Waals surface area (Å²) in [6.45, 7) is 5.10. The van der Waals surface area contributed by atoms with Gasteiger partial charge in [-0.25, -0.2) is 25.0 Å². The van der Waals surface area contributed by atoms with Crippen molar-refractivity contribution in [2.45, 2.75) is 26.4 Å². The third kappa shape index (κ3) is 3.56. The highest BCUT2D eigenvalue weighted by Crippen LogP contribution is 2.20. The molecule has 1 amide bonds. The van der Waals surface area contributed by atoms with E-state index in [0.29, 0.717) is 5.01 Å². The summed E-state index contributed by atoms with van der Waals surface area (Å²) in [4.78, 5) is 15.3. The molecular weight excluding hydrogens is 241 g/mol. The second-order valence-electron chi connectivity index (χ2n) is 4.53. The Balaban J connectivity index is 2.87. The van der Waals surface area contributed by atoms with Gasteiger partial charge in [-0.15, -0.1) is 0 Å². The van der Waals surface area contributed by atoms with Gasteiger partial charge in [-0.2, -0.15) is 0 Å². The molecule has 0 saturated heterocycles. The highest BCUT2D eigenvalue weighted by atomic mass is 19.1. The number of carbonyl (C=O) groups is 1. The number of amides is 1. The maximum atomic E-state index is 13.4. The van der Waals surface area contributed by atoms with E-state index in [0.717, 1.165) is 6.07 Å². The number of nitrogens with zero attached hydrogens (tertiary/aromatic N) is 2. The van der Waals surface area contributed by atoms with E-state index < -0.39 is 17.5 Å². The molecule has 1 heterocycles. The molecule has 0 bridgehead atoms. The summed E-state index contributed by atoms with van der Waals surface area (Å²) in [7, 11) is 1.29. The second-order valence-corrected chi connectivity index (χ2v) is 4.53.